The van der Waals surface area contributed by atoms with Gasteiger partial charge in [-0.2, -0.15) is 0 Å². The van der Waals surface area contributed by atoms with Gasteiger partial charge in [-0.05, 0) is 36.6 Å². The first-order valence-corrected chi connectivity index (χ1v) is 8.17. The lowest BCUT2D eigenvalue weighted by Gasteiger charge is -2.25. The fourth-order valence-corrected chi connectivity index (χ4v) is 3.21. The molecule has 1 heterocycles. The molecule has 1 aliphatic rings. The number of carboxylic acids is 1. The van der Waals surface area contributed by atoms with E-state index in [1.54, 1.807) is 42.5 Å². The second kappa shape index (κ2) is 7.43. The van der Waals surface area contributed by atoms with Gasteiger partial charge in [-0.1, -0.05) is 30.3 Å². The van der Waals surface area contributed by atoms with Crippen LogP contribution in [-0.4, -0.2) is 33.2 Å². The first-order valence-electron chi connectivity index (χ1n) is 8.17. The van der Waals surface area contributed by atoms with Gasteiger partial charge in [0.1, 0.15) is 24.2 Å². The van der Waals surface area contributed by atoms with Crippen molar-refractivity contribution in [3.05, 3.63) is 65.5 Å². The van der Waals surface area contributed by atoms with Gasteiger partial charge >= 0.3 is 12.1 Å². The maximum absolute atomic E-state index is 13.6. The van der Waals surface area contributed by atoms with Crippen LogP contribution in [0.5, 0.6) is 5.75 Å². The van der Waals surface area contributed by atoms with Gasteiger partial charge in [0.2, 0.25) is 0 Å². The summed E-state index contributed by atoms with van der Waals surface area (Å²) in [4.78, 5) is 23.7. The van der Waals surface area contributed by atoms with E-state index in [1.165, 1.54) is 6.07 Å². The molecule has 3 rings (SSSR count). The van der Waals surface area contributed by atoms with Gasteiger partial charge in [0, 0.05) is 5.56 Å². The zero-order valence-corrected chi connectivity index (χ0v) is 13.8. The number of hydrogen-bond acceptors (Lipinski definition) is 3. The highest BCUT2D eigenvalue weighted by Crippen LogP contribution is 2.36. The molecule has 2 atom stereocenters. The van der Waals surface area contributed by atoms with Crippen LogP contribution in [-0.2, 0) is 11.4 Å². The minimum atomic E-state index is -1.25. The lowest BCUT2D eigenvalue weighted by molar-refractivity contribution is -0.142. The largest absolute Gasteiger partial charge is 0.489 e. The van der Waals surface area contributed by atoms with E-state index in [0.29, 0.717) is 23.3 Å². The molecule has 7 heteroatoms. The van der Waals surface area contributed by atoms with E-state index in [-0.39, 0.29) is 18.8 Å². The SMILES string of the molecule is O=C(O)[C@@H]1CC[C@H](c2ccc(OCc3ccccc3F)cc2)N1C(=O)O. The van der Waals surface area contributed by atoms with Crippen LogP contribution >= 0.6 is 0 Å². The maximum Gasteiger partial charge on any atom is 0.408 e. The Labute approximate surface area is 149 Å². The molecule has 0 spiro atoms. The quantitative estimate of drug-likeness (QED) is 0.850. The van der Waals surface area contributed by atoms with Crippen LogP contribution in [0, 0.1) is 5.82 Å². The smallest absolute Gasteiger partial charge is 0.408 e. The summed E-state index contributed by atoms with van der Waals surface area (Å²) in [7, 11) is 0. The molecule has 0 radical (unpaired) electrons. The minimum Gasteiger partial charge on any atom is -0.489 e. The molecular weight excluding hydrogens is 341 g/mol. The van der Waals surface area contributed by atoms with Crippen LogP contribution in [0.25, 0.3) is 0 Å². The molecule has 1 amide bonds. The van der Waals surface area contributed by atoms with Crippen molar-refractivity contribution in [3.63, 3.8) is 0 Å². The van der Waals surface area contributed by atoms with Crippen molar-refractivity contribution in [3.8, 4) is 5.75 Å². The molecule has 0 unspecified atom stereocenters. The minimum absolute atomic E-state index is 0.0811. The van der Waals surface area contributed by atoms with Gasteiger partial charge in [-0.3, -0.25) is 4.90 Å². The summed E-state index contributed by atoms with van der Waals surface area (Å²) in [6.45, 7) is 0.0811. The molecule has 26 heavy (non-hydrogen) atoms. The summed E-state index contributed by atoms with van der Waals surface area (Å²) in [5.74, 6) is -0.960. The third-order valence-corrected chi connectivity index (χ3v) is 4.51. The number of hydrogen-bond donors (Lipinski definition) is 2. The molecule has 0 aliphatic carbocycles. The lowest BCUT2D eigenvalue weighted by Crippen LogP contribution is -2.40. The van der Waals surface area contributed by atoms with E-state index >= 15 is 0 Å². The predicted octanol–water partition coefficient (Wildman–Crippen LogP) is 3.67. The van der Waals surface area contributed by atoms with Gasteiger partial charge in [-0.15, -0.1) is 0 Å². The van der Waals surface area contributed by atoms with Gasteiger partial charge in [0.05, 0.1) is 6.04 Å². The van der Waals surface area contributed by atoms with Crippen molar-refractivity contribution in [1.29, 1.82) is 0 Å². The Balaban J connectivity index is 1.70. The van der Waals surface area contributed by atoms with E-state index in [4.69, 9.17) is 4.74 Å². The summed E-state index contributed by atoms with van der Waals surface area (Å²) >= 11 is 0. The van der Waals surface area contributed by atoms with E-state index < -0.39 is 24.1 Å². The van der Waals surface area contributed by atoms with Gasteiger partial charge in [-0.25, -0.2) is 14.0 Å². The van der Waals surface area contributed by atoms with Crippen LogP contribution in [0.15, 0.2) is 48.5 Å². The Morgan fingerprint density at radius 1 is 1.08 bits per heavy atom. The summed E-state index contributed by atoms with van der Waals surface area (Å²) < 4.78 is 19.2. The summed E-state index contributed by atoms with van der Waals surface area (Å²) in [6, 6.07) is 11.6. The average Bonchev–Trinajstić information content (AvgIpc) is 3.07. The first-order chi connectivity index (χ1) is 12.5. The molecule has 2 N–H and O–H groups in total. The molecule has 2 aromatic rings. The van der Waals surface area contributed by atoms with Crippen LogP contribution in [0.1, 0.15) is 30.0 Å². The van der Waals surface area contributed by atoms with Crippen molar-refractivity contribution in [2.24, 2.45) is 0 Å². The summed E-state index contributed by atoms with van der Waals surface area (Å²) in [5, 5.41) is 18.5. The topological polar surface area (TPSA) is 87.1 Å². The number of carboxylic acid groups (broad SMARTS) is 2. The van der Waals surface area contributed by atoms with E-state index in [0.717, 1.165) is 4.90 Å². The second-order valence-corrected chi connectivity index (χ2v) is 6.09. The van der Waals surface area contributed by atoms with Crippen LogP contribution in [0.2, 0.25) is 0 Å². The highest BCUT2D eigenvalue weighted by atomic mass is 19.1. The number of benzene rings is 2. The third kappa shape index (κ3) is 3.61. The molecular formula is C19H18FNO5. The fraction of sp³-hybridized carbons (Fsp3) is 0.263. The molecule has 0 bridgehead atoms. The maximum atomic E-state index is 13.6. The Kier molecular flexibility index (Phi) is 5.06. The van der Waals surface area contributed by atoms with Gasteiger partial charge in [0.15, 0.2) is 0 Å². The molecule has 1 saturated heterocycles. The lowest BCUT2D eigenvalue weighted by atomic mass is 10.0. The molecule has 136 valence electrons. The van der Waals surface area contributed by atoms with Crippen molar-refractivity contribution >= 4 is 12.1 Å². The zero-order chi connectivity index (χ0) is 18.7. The highest BCUT2D eigenvalue weighted by molar-refractivity contribution is 5.80. The van der Waals surface area contributed by atoms with Crippen LogP contribution in [0.3, 0.4) is 0 Å². The Hall–Kier alpha value is -3.09. The second-order valence-electron chi connectivity index (χ2n) is 6.09. The number of halogens is 1. The van der Waals surface area contributed by atoms with E-state index in [2.05, 4.69) is 0 Å². The van der Waals surface area contributed by atoms with E-state index in [9.17, 15) is 24.2 Å². The van der Waals surface area contributed by atoms with Gasteiger partial charge in [0.25, 0.3) is 0 Å². The molecule has 2 aromatic carbocycles. The number of carbonyl (C=O) groups is 2. The Morgan fingerprint density at radius 3 is 2.38 bits per heavy atom. The van der Waals surface area contributed by atoms with Crippen molar-refractivity contribution in [2.45, 2.75) is 31.5 Å². The van der Waals surface area contributed by atoms with E-state index in [1.807, 2.05) is 0 Å². The van der Waals surface area contributed by atoms with Gasteiger partial charge < -0.3 is 14.9 Å². The number of nitrogens with zero attached hydrogens (tertiary/aromatic N) is 1. The fourth-order valence-electron chi connectivity index (χ4n) is 3.21. The van der Waals surface area contributed by atoms with Crippen molar-refractivity contribution in [2.75, 3.05) is 0 Å². The molecule has 0 aromatic heterocycles. The Morgan fingerprint density at radius 2 is 1.77 bits per heavy atom. The molecule has 6 nitrogen and oxygen atoms in total. The standard InChI is InChI=1S/C19H18FNO5/c20-15-4-2-1-3-13(15)11-26-14-7-5-12(6-8-14)16-9-10-17(18(22)23)21(16)19(24)25/h1-8,16-17H,9-11H2,(H,22,23)(H,24,25)/t16-,17+/m1/s1. The highest BCUT2D eigenvalue weighted by Gasteiger charge is 2.41. The zero-order valence-electron chi connectivity index (χ0n) is 13.8. The van der Waals surface area contributed by atoms with Crippen molar-refractivity contribution < 1.29 is 28.9 Å². The average molecular weight is 359 g/mol. The summed E-state index contributed by atoms with van der Waals surface area (Å²) in [5.41, 5.74) is 1.14. The summed E-state index contributed by atoms with van der Waals surface area (Å²) in [6.07, 6.45) is -0.531. The number of aliphatic carboxylic acids is 1. The number of rotatable bonds is 5. The predicted molar refractivity (Wildman–Crippen MR) is 90.4 cm³/mol. The van der Waals surface area contributed by atoms with Crippen molar-refractivity contribution in [1.82, 2.24) is 4.90 Å². The monoisotopic (exact) mass is 359 g/mol. The Bertz CT molecular complexity index is 808. The number of amides is 1. The number of ether oxygens (including phenoxy) is 1. The van der Waals surface area contributed by atoms with Crippen LogP contribution < -0.4 is 4.74 Å². The third-order valence-electron chi connectivity index (χ3n) is 4.51. The first kappa shape index (κ1) is 17.7. The molecule has 1 aliphatic heterocycles. The molecule has 1 fully saturated rings. The van der Waals surface area contributed by atoms with Crippen LogP contribution in [0.4, 0.5) is 9.18 Å². The molecule has 0 saturated carbocycles. The normalized spacial score (nSPS) is 19.3. The number of likely N-dealkylation sites (tertiary alicyclic amines) is 1.